The van der Waals surface area contributed by atoms with Crippen molar-refractivity contribution in [3.8, 4) is 5.75 Å². The number of nitrogens with one attached hydrogen (secondary N) is 1. The van der Waals surface area contributed by atoms with Gasteiger partial charge < -0.3 is 4.74 Å². The molecule has 1 N–H and O–H groups in total. The third-order valence-corrected chi connectivity index (χ3v) is 7.86. The summed E-state index contributed by atoms with van der Waals surface area (Å²) in [4.78, 5) is 12.4. The first-order valence-corrected chi connectivity index (χ1v) is 12.4. The standard InChI is InChI=1S/C20H24N2O6S2/c1-14(2)28-17-9-5-15(6-10-17)21-30(26,27)18-11-7-16(8-12-18)22-19(23)20(3,4)13-29(22,24)25/h5-12,14,21H,13H2,1-4H3. The lowest BCUT2D eigenvalue weighted by Crippen LogP contribution is -2.32. The molecular weight excluding hydrogens is 428 g/mol. The van der Waals surface area contributed by atoms with Gasteiger partial charge in [0.1, 0.15) is 5.75 Å². The largest absolute Gasteiger partial charge is 0.491 e. The van der Waals surface area contributed by atoms with Crippen LogP contribution in [0.3, 0.4) is 0 Å². The van der Waals surface area contributed by atoms with Gasteiger partial charge in [0.2, 0.25) is 15.9 Å². The number of rotatable bonds is 6. The number of hydrogen-bond donors (Lipinski definition) is 1. The topological polar surface area (TPSA) is 110 Å². The first-order valence-electron chi connectivity index (χ1n) is 9.29. The van der Waals surface area contributed by atoms with Crippen LogP contribution in [0.2, 0.25) is 0 Å². The first-order chi connectivity index (χ1) is 13.8. The second-order valence-electron chi connectivity index (χ2n) is 8.00. The Morgan fingerprint density at radius 2 is 1.60 bits per heavy atom. The maximum absolute atomic E-state index is 12.7. The molecule has 0 radical (unpaired) electrons. The number of carbonyl (C=O) groups is 1. The average molecular weight is 453 g/mol. The summed E-state index contributed by atoms with van der Waals surface area (Å²) in [6.07, 6.45) is 0.00272. The Bertz CT molecular complexity index is 1150. The van der Waals surface area contributed by atoms with E-state index in [1.807, 2.05) is 13.8 Å². The zero-order chi connectivity index (χ0) is 22.3. The highest BCUT2D eigenvalue weighted by Gasteiger charge is 2.49. The zero-order valence-electron chi connectivity index (χ0n) is 17.1. The van der Waals surface area contributed by atoms with Crippen molar-refractivity contribution >= 4 is 37.3 Å². The van der Waals surface area contributed by atoms with Crippen molar-refractivity contribution in [1.29, 1.82) is 0 Å². The quantitative estimate of drug-likeness (QED) is 0.722. The van der Waals surface area contributed by atoms with Crippen LogP contribution in [-0.4, -0.2) is 34.6 Å². The van der Waals surface area contributed by atoms with Crippen molar-refractivity contribution in [1.82, 2.24) is 0 Å². The average Bonchev–Trinajstić information content (AvgIpc) is 2.79. The van der Waals surface area contributed by atoms with E-state index in [2.05, 4.69) is 4.72 Å². The van der Waals surface area contributed by atoms with Crippen LogP contribution in [-0.2, 0) is 24.8 Å². The molecule has 0 atom stereocenters. The highest BCUT2D eigenvalue weighted by Crippen LogP contribution is 2.36. The maximum atomic E-state index is 12.7. The number of benzene rings is 2. The van der Waals surface area contributed by atoms with Crippen LogP contribution in [0.15, 0.2) is 53.4 Å². The number of sulfonamides is 2. The molecule has 2 aromatic rings. The summed E-state index contributed by atoms with van der Waals surface area (Å²) < 4.78 is 58.8. The first kappa shape index (κ1) is 22.1. The molecule has 1 saturated heterocycles. The molecule has 1 aliphatic heterocycles. The predicted molar refractivity (Wildman–Crippen MR) is 115 cm³/mol. The molecule has 0 saturated carbocycles. The van der Waals surface area contributed by atoms with Crippen LogP contribution in [0, 0.1) is 5.41 Å². The van der Waals surface area contributed by atoms with E-state index in [9.17, 15) is 21.6 Å². The SMILES string of the molecule is CC(C)Oc1ccc(NS(=O)(=O)c2ccc(N3C(=O)C(C)(C)CS3(=O)=O)cc2)cc1. The normalized spacial score (nSPS) is 17.9. The molecule has 1 amide bonds. The molecule has 162 valence electrons. The Balaban J connectivity index is 1.81. The van der Waals surface area contributed by atoms with E-state index in [1.165, 1.54) is 24.3 Å². The van der Waals surface area contributed by atoms with Crippen LogP contribution >= 0.6 is 0 Å². The van der Waals surface area contributed by atoms with Crippen molar-refractivity contribution in [2.45, 2.75) is 38.7 Å². The summed E-state index contributed by atoms with van der Waals surface area (Å²) >= 11 is 0. The highest BCUT2D eigenvalue weighted by molar-refractivity contribution is 7.94. The van der Waals surface area contributed by atoms with Gasteiger partial charge in [-0.05, 0) is 76.2 Å². The van der Waals surface area contributed by atoms with Crippen molar-refractivity contribution in [2.75, 3.05) is 14.8 Å². The molecule has 0 aromatic heterocycles. The molecule has 2 aromatic carbocycles. The fraction of sp³-hybridized carbons (Fsp3) is 0.350. The fourth-order valence-electron chi connectivity index (χ4n) is 3.11. The summed E-state index contributed by atoms with van der Waals surface area (Å²) in [5.41, 5.74) is -0.565. The number of nitrogens with zero attached hydrogens (tertiary/aromatic N) is 1. The molecule has 0 spiro atoms. The van der Waals surface area contributed by atoms with Gasteiger partial charge >= 0.3 is 0 Å². The van der Waals surface area contributed by atoms with Gasteiger partial charge in [-0.3, -0.25) is 9.52 Å². The van der Waals surface area contributed by atoms with Crippen molar-refractivity contribution in [2.24, 2.45) is 5.41 Å². The minimum atomic E-state index is -3.90. The van der Waals surface area contributed by atoms with E-state index < -0.39 is 31.4 Å². The molecule has 10 heteroatoms. The highest BCUT2D eigenvalue weighted by atomic mass is 32.2. The van der Waals surface area contributed by atoms with Crippen molar-refractivity contribution in [3.05, 3.63) is 48.5 Å². The Morgan fingerprint density at radius 1 is 1.03 bits per heavy atom. The summed E-state index contributed by atoms with van der Waals surface area (Å²) in [7, 11) is -7.70. The van der Waals surface area contributed by atoms with Gasteiger partial charge in [0.15, 0.2) is 0 Å². The molecule has 1 aliphatic rings. The third kappa shape index (κ3) is 4.44. The molecule has 1 heterocycles. The molecule has 0 unspecified atom stereocenters. The molecule has 1 fully saturated rings. The number of amides is 1. The van der Waals surface area contributed by atoms with Crippen LogP contribution in [0.4, 0.5) is 11.4 Å². The lowest BCUT2D eigenvalue weighted by atomic mass is 9.95. The zero-order valence-corrected chi connectivity index (χ0v) is 18.7. The van der Waals surface area contributed by atoms with E-state index in [1.54, 1.807) is 38.1 Å². The second kappa shape index (κ2) is 7.59. The van der Waals surface area contributed by atoms with E-state index >= 15 is 0 Å². The van der Waals surface area contributed by atoms with E-state index in [0.717, 1.165) is 4.31 Å². The number of ether oxygens (including phenoxy) is 1. The lowest BCUT2D eigenvalue weighted by Gasteiger charge is -2.18. The number of anilines is 2. The van der Waals surface area contributed by atoms with Gasteiger partial charge in [0.05, 0.1) is 27.9 Å². The summed E-state index contributed by atoms with van der Waals surface area (Å²) in [6.45, 7) is 6.91. The van der Waals surface area contributed by atoms with Gasteiger partial charge in [-0.15, -0.1) is 0 Å². The van der Waals surface area contributed by atoms with Gasteiger partial charge in [0.25, 0.3) is 10.0 Å². The van der Waals surface area contributed by atoms with Crippen LogP contribution in [0.25, 0.3) is 0 Å². The maximum Gasteiger partial charge on any atom is 0.261 e. The van der Waals surface area contributed by atoms with Gasteiger partial charge in [-0.2, -0.15) is 0 Å². The molecule has 30 heavy (non-hydrogen) atoms. The van der Waals surface area contributed by atoms with Crippen LogP contribution < -0.4 is 13.8 Å². The molecule has 0 aliphatic carbocycles. The lowest BCUT2D eigenvalue weighted by molar-refractivity contribution is -0.123. The predicted octanol–water partition coefficient (Wildman–Crippen LogP) is 2.98. The third-order valence-electron chi connectivity index (χ3n) is 4.44. The van der Waals surface area contributed by atoms with Gasteiger partial charge in [0, 0.05) is 5.69 Å². The van der Waals surface area contributed by atoms with Crippen LogP contribution in [0.1, 0.15) is 27.7 Å². The number of hydrogen-bond acceptors (Lipinski definition) is 6. The van der Waals surface area contributed by atoms with Crippen molar-refractivity contribution in [3.63, 3.8) is 0 Å². The number of carbonyl (C=O) groups excluding carboxylic acids is 1. The second-order valence-corrected chi connectivity index (χ2v) is 11.5. The Hall–Kier alpha value is -2.59. The van der Waals surface area contributed by atoms with E-state index in [0.29, 0.717) is 11.4 Å². The summed E-state index contributed by atoms with van der Waals surface area (Å²) in [5, 5.41) is 0. The Morgan fingerprint density at radius 3 is 2.07 bits per heavy atom. The summed E-state index contributed by atoms with van der Waals surface area (Å²) in [5.74, 6) is -0.214. The molecule has 8 nitrogen and oxygen atoms in total. The van der Waals surface area contributed by atoms with Crippen molar-refractivity contribution < 1.29 is 26.4 Å². The molecule has 0 bridgehead atoms. The fourth-order valence-corrected chi connectivity index (χ4v) is 6.28. The van der Waals surface area contributed by atoms with Crippen LogP contribution in [0.5, 0.6) is 5.75 Å². The van der Waals surface area contributed by atoms with E-state index in [4.69, 9.17) is 4.74 Å². The smallest absolute Gasteiger partial charge is 0.261 e. The molecule has 3 rings (SSSR count). The van der Waals surface area contributed by atoms with Gasteiger partial charge in [-0.25, -0.2) is 21.1 Å². The molecular formula is C20H24N2O6S2. The van der Waals surface area contributed by atoms with E-state index in [-0.39, 0.29) is 22.4 Å². The Kier molecular flexibility index (Phi) is 5.59. The monoisotopic (exact) mass is 452 g/mol. The summed E-state index contributed by atoms with van der Waals surface area (Å²) in [6, 6.07) is 11.6. The minimum Gasteiger partial charge on any atom is -0.491 e. The minimum absolute atomic E-state index is 0.00272. The Labute approximate surface area is 177 Å². The van der Waals surface area contributed by atoms with Gasteiger partial charge in [-0.1, -0.05) is 0 Å².